The molecule has 1 N–H and O–H groups in total. The van der Waals surface area contributed by atoms with Crippen molar-refractivity contribution in [1.82, 2.24) is 5.32 Å². The van der Waals surface area contributed by atoms with E-state index in [1.54, 1.807) is 0 Å². The van der Waals surface area contributed by atoms with E-state index in [1.807, 2.05) is 43.5 Å². The number of halogens is 2. The maximum Gasteiger partial charge on any atom is 0.0470 e. The van der Waals surface area contributed by atoms with Gasteiger partial charge in [-0.3, -0.25) is 0 Å². The number of rotatable bonds is 12. The fraction of sp³-hybridized carbons (Fsp3) is 0.333. The summed E-state index contributed by atoms with van der Waals surface area (Å²) in [6.45, 7) is 16.8. The summed E-state index contributed by atoms with van der Waals surface area (Å²) in [5.74, 6) is 0. The molecule has 2 rings (SSSR count). The molecule has 0 saturated heterocycles. The molecule has 2 aromatic rings. The number of allylic oxidation sites excluding steroid dienone is 3. The lowest BCUT2D eigenvalue weighted by Gasteiger charge is -2.40. The number of nitrogens with one attached hydrogen (secondary N) is 1. The van der Waals surface area contributed by atoms with E-state index in [9.17, 15) is 0 Å². The number of nitrogens with zero attached hydrogens (tertiary/aromatic N) is 1. The molecule has 4 heteroatoms. The largest absolute Gasteiger partial charge is 0.391 e. The molecular weight excluding hydrogens is 423 g/mol. The second-order valence-electron chi connectivity index (χ2n) is 8.43. The summed E-state index contributed by atoms with van der Waals surface area (Å²) < 4.78 is 0. The summed E-state index contributed by atoms with van der Waals surface area (Å²) in [4.78, 5) is 2.40. The highest BCUT2D eigenvalue weighted by atomic mass is 35.5. The van der Waals surface area contributed by atoms with Crippen molar-refractivity contribution in [2.45, 2.75) is 40.2 Å². The molecule has 31 heavy (non-hydrogen) atoms. The molecule has 166 valence electrons. The van der Waals surface area contributed by atoms with Gasteiger partial charge >= 0.3 is 0 Å². The van der Waals surface area contributed by atoms with Gasteiger partial charge in [-0.25, -0.2) is 0 Å². The predicted molar refractivity (Wildman–Crippen MR) is 138 cm³/mol. The van der Waals surface area contributed by atoms with Crippen LogP contribution in [-0.4, -0.2) is 13.1 Å². The molecule has 0 bridgehead atoms. The SMILES string of the molecule is C=CCC(CN/C=C/C)(CC(=C)C)CN(Cc1ccc(Cl)cc1Cl)c1ccc(C)cc1. The lowest BCUT2D eigenvalue weighted by Crippen LogP contribution is -2.43. The van der Waals surface area contributed by atoms with E-state index in [0.29, 0.717) is 16.6 Å². The first kappa shape index (κ1) is 25.1. The highest BCUT2D eigenvalue weighted by Crippen LogP contribution is 2.34. The summed E-state index contributed by atoms with van der Waals surface area (Å²) in [5, 5.41) is 4.81. The second kappa shape index (κ2) is 12.0. The smallest absolute Gasteiger partial charge is 0.0470 e. The van der Waals surface area contributed by atoms with Crippen LogP contribution < -0.4 is 10.2 Å². The molecule has 0 fully saturated rings. The Hall–Kier alpha value is -2.16. The van der Waals surface area contributed by atoms with E-state index < -0.39 is 0 Å². The van der Waals surface area contributed by atoms with Crippen LogP contribution in [0.4, 0.5) is 5.69 Å². The van der Waals surface area contributed by atoms with Crippen LogP contribution in [0, 0.1) is 12.3 Å². The standard InChI is InChI=1S/C27H34Cl2N2/c1-6-14-27(17-21(3)4,19-30-15-7-2)20-31(25-12-8-22(5)9-13-25)18-23-10-11-24(28)16-26(23)29/h6-13,15-16,30H,1,3,14,17-20H2,2,4-5H3/b15-7+. The molecule has 2 aromatic carbocycles. The van der Waals surface area contributed by atoms with Crippen LogP contribution in [0.25, 0.3) is 0 Å². The van der Waals surface area contributed by atoms with Gasteiger partial charge in [0.25, 0.3) is 0 Å². The van der Waals surface area contributed by atoms with Gasteiger partial charge in [0, 0.05) is 40.8 Å². The van der Waals surface area contributed by atoms with E-state index in [2.05, 4.69) is 61.5 Å². The average molecular weight is 457 g/mol. The van der Waals surface area contributed by atoms with Crippen LogP contribution >= 0.6 is 23.2 Å². The van der Waals surface area contributed by atoms with Crippen molar-refractivity contribution in [1.29, 1.82) is 0 Å². The van der Waals surface area contributed by atoms with Crippen molar-refractivity contribution in [2.24, 2.45) is 5.41 Å². The highest BCUT2D eigenvalue weighted by molar-refractivity contribution is 6.35. The van der Waals surface area contributed by atoms with Gasteiger partial charge in [0.15, 0.2) is 0 Å². The molecule has 0 aromatic heterocycles. The van der Waals surface area contributed by atoms with E-state index in [-0.39, 0.29) is 5.41 Å². The molecule has 0 spiro atoms. The molecule has 0 aliphatic heterocycles. The third kappa shape index (κ3) is 7.79. The second-order valence-corrected chi connectivity index (χ2v) is 9.28. The van der Waals surface area contributed by atoms with Crippen molar-refractivity contribution in [2.75, 3.05) is 18.0 Å². The molecule has 0 saturated carbocycles. The number of aryl methyl sites for hydroxylation is 1. The van der Waals surface area contributed by atoms with Crippen molar-refractivity contribution >= 4 is 28.9 Å². The molecule has 0 aliphatic carbocycles. The minimum Gasteiger partial charge on any atom is -0.391 e. The molecule has 1 unspecified atom stereocenters. The lowest BCUT2D eigenvalue weighted by atomic mass is 9.78. The first-order chi connectivity index (χ1) is 14.8. The Morgan fingerprint density at radius 2 is 1.87 bits per heavy atom. The maximum absolute atomic E-state index is 6.54. The molecule has 0 heterocycles. The quantitative estimate of drug-likeness (QED) is 0.325. The molecular formula is C27H34Cl2N2. The summed E-state index contributed by atoms with van der Waals surface area (Å²) in [6.07, 6.45) is 7.82. The van der Waals surface area contributed by atoms with Gasteiger partial charge in [0.05, 0.1) is 0 Å². The maximum atomic E-state index is 6.54. The van der Waals surface area contributed by atoms with Crippen LogP contribution in [0.2, 0.25) is 10.0 Å². The van der Waals surface area contributed by atoms with Crippen molar-refractivity contribution in [3.63, 3.8) is 0 Å². The zero-order valence-electron chi connectivity index (χ0n) is 18.9. The predicted octanol–water partition coefficient (Wildman–Crippen LogP) is 7.96. The Balaban J connectivity index is 2.45. The minimum atomic E-state index is -0.0586. The van der Waals surface area contributed by atoms with Gasteiger partial charge in [0.2, 0.25) is 0 Å². The Morgan fingerprint density at radius 1 is 1.16 bits per heavy atom. The van der Waals surface area contributed by atoms with Crippen LogP contribution in [-0.2, 0) is 6.54 Å². The van der Waals surface area contributed by atoms with Gasteiger partial charge in [-0.05, 0) is 69.6 Å². The van der Waals surface area contributed by atoms with Gasteiger partial charge in [0.1, 0.15) is 0 Å². The number of hydrogen-bond donors (Lipinski definition) is 1. The molecule has 0 radical (unpaired) electrons. The van der Waals surface area contributed by atoms with Crippen molar-refractivity contribution < 1.29 is 0 Å². The third-order valence-electron chi connectivity index (χ3n) is 5.32. The highest BCUT2D eigenvalue weighted by Gasteiger charge is 2.31. The lowest BCUT2D eigenvalue weighted by molar-refractivity contribution is 0.284. The van der Waals surface area contributed by atoms with Crippen LogP contribution in [0.1, 0.15) is 37.8 Å². The van der Waals surface area contributed by atoms with E-state index in [0.717, 1.165) is 42.8 Å². The molecule has 0 aliphatic rings. The summed E-state index contributed by atoms with van der Waals surface area (Å²) >= 11 is 12.7. The van der Waals surface area contributed by atoms with Gasteiger partial charge < -0.3 is 10.2 Å². The summed E-state index contributed by atoms with van der Waals surface area (Å²) in [6, 6.07) is 14.4. The topological polar surface area (TPSA) is 15.3 Å². The summed E-state index contributed by atoms with van der Waals surface area (Å²) in [7, 11) is 0. The number of benzene rings is 2. The van der Waals surface area contributed by atoms with Gasteiger partial charge in [-0.2, -0.15) is 0 Å². The zero-order valence-corrected chi connectivity index (χ0v) is 20.4. The fourth-order valence-corrected chi connectivity index (χ4v) is 4.45. The fourth-order valence-electron chi connectivity index (χ4n) is 3.98. The van der Waals surface area contributed by atoms with Crippen LogP contribution in [0.15, 0.2) is 79.5 Å². The third-order valence-corrected chi connectivity index (χ3v) is 5.90. The van der Waals surface area contributed by atoms with E-state index >= 15 is 0 Å². The Bertz CT molecular complexity index is 902. The summed E-state index contributed by atoms with van der Waals surface area (Å²) in [5.41, 5.74) is 4.56. The minimum absolute atomic E-state index is 0.0586. The Kier molecular flexibility index (Phi) is 9.74. The zero-order chi connectivity index (χ0) is 22.9. The first-order valence-corrected chi connectivity index (χ1v) is 11.4. The average Bonchev–Trinajstić information content (AvgIpc) is 2.70. The monoisotopic (exact) mass is 456 g/mol. The van der Waals surface area contributed by atoms with Gasteiger partial charge in [-0.15, -0.1) is 13.2 Å². The van der Waals surface area contributed by atoms with Crippen LogP contribution in [0.3, 0.4) is 0 Å². The van der Waals surface area contributed by atoms with Crippen molar-refractivity contribution in [3.8, 4) is 0 Å². The van der Waals surface area contributed by atoms with Gasteiger partial charge in [-0.1, -0.05) is 64.7 Å². The van der Waals surface area contributed by atoms with Crippen molar-refractivity contribution in [3.05, 3.63) is 101 Å². The number of hydrogen-bond acceptors (Lipinski definition) is 2. The molecule has 0 amide bonds. The van der Waals surface area contributed by atoms with E-state index in [4.69, 9.17) is 23.2 Å². The molecule has 1 atom stereocenters. The first-order valence-electron chi connectivity index (χ1n) is 10.6. The Morgan fingerprint density at radius 3 is 2.45 bits per heavy atom. The normalized spacial score (nSPS) is 13.1. The van der Waals surface area contributed by atoms with E-state index in [1.165, 1.54) is 5.56 Å². The Labute approximate surface area is 198 Å². The molecule has 2 nitrogen and oxygen atoms in total. The number of anilines is 1. The van der Waals surface area contributed by atoms with Crippen LogP contribution in [0.5, 0.6) is 0 Å².